The average Bonchev–Trinajstić information content (AvgIpc) is 3.16. The Kier molecular flexibility index (Phi) is 6.47. The van der Waals surface area contributed by atoms with Crippen molar-refractivity contribution in [2.45, 2.75) is 26.8 Å². The number of hydrogen-bond acceptors (Lipinski definition) is 4. The molecule has 0 amide bonds. The van der Waals surface area contributed by atoms with Crippen LogP contribution in [0.4, 0.5) is 5.69 Å². The third-order valence-corrected chi connectivity index (χ3v) is 5.89. The summed E-state index contributed by atoms with van der Waals surface area (Å²) >= 11 is 0. The monoisotopic (exact) mass is 392 g/mol. The largest absolute Gasteiger partial charge is 0.378 e. The molecule has 1 fully saturated rings. The minimum atomic E-state index is 0.800. The Morgan fingerprint density at radius 2 is 1.79 bits per heavy atom. The van der Waals surface area contributed by atoms with Crippen LogP contribution in [-0.2, 0) is 11.3 Å². The van der Waals surface area contributed by atoms with Crippen molar-refractivity contribution in [3.63, 3.8) is 0 Å². The molecule has 0 spiro atoms. The van der Waals surface area contributed by atoms with Crippen molar-refractivity contribution in [1.29, 1.82) is 0 Å². The van der Waals surface area contributed by atoms with Crippen LogP contribution in [0.1, 0.15) is 20.3 Å². The van der Waals surface area contributed by atoms with Gasteiger partial charge in [0, 0.05) is 30.9 Å². The fraction of sp³-hybridized carbons (Fsp3) is 0.458. The quantitative estimate of drug-likeness (QED) is 0.573. The SMILES string of the molecule is CCN(CC)CCCn1c(-c2cccc(N3CCOCC3)c2)nc2ccccc21. The van der Waals surface area contributed by atoms with E-state index in [0.29, 0.717) is 0 Å². The Hall–Kier alpha value is -2.37. The van der Waals surface area contributed by atoms with Gasteiger partial charge in [-0.15, -0.1) is 0 Å². The van der Waals surface area contributed by atoms with Gasteiger partial charge in [-0.05, 0) is 50.3 Å². The van der Waals surface area contributed by atoms with Gasteiger partial charge in [-0.1, -0.05) is 38.1 Å². The molecular formula is C24H32N4O. The standard InChI is InChI=1S/C24H32N4O/c1-3-26(4-2)13-8-14-28-23-12-6-5-11-22(23)25-24(28)20-9-7-10-21(19-20)27-15-17-29-18-16-27/h5-7,9-12,19H,3-4,8,13-18H2,1-2H3. The van der Waals surface area contributed by atoms with Crippen LogP contribution in [0.25, 0.3) is 22.4 Å². The lowest BCUT2D eigenvalue weighted by molar-refractivity contribution is 0.122. The number of benzene rings is 2. The highest BCUT2D eigenvalue weighted by atomic mass is 16.5. The molecule has 0 saturated carbocycles. The van der Waals surface area contributed by atoms with Crippen LogP contribution in [0.5, 0.6) is 0 Å². The van der Waals surface area contributed by atoms with E-state index >= 15 is 0 Å². The van der Waals surface area contributed by atoms with Gasteiger partial charge in [-0.3, -0.25) is 0 Å². The van der Waals surface area contributed by atoms with Gasteiger partial charge in [-0.2, -0.15) is 0 Å². The van der Waals surface area contributed by atoms with Crippen LogP contribution in [0.15, 0.2) is 48.5 Å². The number of aryl methyl sites for hydroxylation is 1. The number of hydrogen-bond donors (Lipinski definition) is 0. The zero-order chi connectivity index (χ0) is 20.1. The number of ether oxygens (including phenoxy) is 1. The van der Waals surface area contributed by atoms with Gasteiger partial charge in [0.2, 0.25) is 0 Å². The maximum Gasteiger partial charge on any atom is 0.141 e. The number of anilines is 1. The first kappa shape index (κ1) is 19.9. The highest BCUT2D eigenvalue weighted by Gasteiger charge is 2.16. The van der Waals surface area contributed by atoms with Crippen molar-refractivity contribution >= 4 is 16.7 Å². The van der Waals surface area contributed by atoms with Crippen LogP contribution in [0, 0.1) is 0 Å². The summed E-state index contributed by atoms with van der Waals surface area (Å²) in [6.45, 7) is 12.3. The molecule has 0 radical (unpaired) electrons. The van der Waals surface area contributed by atoms with Crippen LogP contribution in [0.2, 0.25) is 0 Å². The summed E-state index contributed by atoms with van der Waals surface area (Å²) in [6, 6.07) is 17.3. The second-order valence-electron chi connectivity index (χ2n) is 7.61. The predicted octanol–water partition coefficient (Wildman–Crippen LogP) is 4.27. The summed E-state index contributed by atoms with van der Waals surface area (Å²) in [7, 11) is 0. The minimum absolute atomic E-state index is 0.800. The Morgan fingerprint density at radius 1 is 1.00 bits per heavy atom. The molecule has 0 aliphatic carbocycles. The van der Waals surface area contributed by atoms with Crippen molar-refractivity contribution in [2.24, 2.45) is 0 Å². The maximum atomic E-state index is 5.51. The molecule has 0 N–H and O–H groups in total. The highest BCUT2D eigenvalue weighted by molar-refractivity contribution is 5.81. The predicted molar refractivity (Wildman–Crippen MR) is 121 cm³/mol. The molecule has 1 saturated heterocycles. The summed E-state index contributed by atoms with van der Waals surface area (Å²) in [5.41, 5.74) is 4.74. The molecule has 0 unspecified atom stereocenters. The van der Waals surface area contributed by atoms with E-state index in [9.17, 15) is 0 Å². The molecule has 3 aromatic rings. The van der Waals surface area contributed by atoms with Crippen LogP contribution >= 0.6 is 0 Å². The number of morpholine rings is 1. The average molecular weight is 393 g/mol. The van der Waals surface area contributed by atoms with E-state index in [1.54, 1.807) is 0 Å². The van der Waals surface area contributed by atoms with Gasteiger partial charge in [0.15, 0.2) is 0 Å². The Bertz CT molecular complexity index is 926. The zero-order valence-electron chi connectivity index (χ0n) is 17.7. The number of aromatic nitrogens is 2. The summed E-state index contributed by atoms with van der Waals surface area (Å²) in [5, 5.41) is 0. The van der Waals surface area contributed by atoms with E-state index in [-0.39, 0.29) is 0 Å². The second kappa shape index (κ2) is 9.42. The number of rotatable bonds is 8. The van der Waals surface area contributed by atoms with Gasteiger partial charge in [0.05, 0.1) is 24.2 Å². The zero-order valence-corrected chi connectivity index (χ0v) is 17.7. The van der Waals surface area contributed by atoms with Gasteiger partial charge in [0.1, 0.15) is 5.82 Å². The summed E-state index contributed by atoms with van der Waals surface area (Å²) in [4.78, 5) is 9.90. The van der Waals surface area contributed by atoms with Crippen molar-refractivity contribution in [3.05, 3.63) is 48.5 Å². The van der Waals surface area contributed by atoms with Gasteiger partial charge >= 0.3 is 0 Å². The molecule has 1 aromatic heterocycles. The van der Waals surface area contributed by atoms with Gasteiger partial charge < -0.3 is 19.1 Å². The van der Waals surface area contributed by atoms with Crippen molar-refractivity contribution in [2.75, 3.05) is 50.8 Å². The Labute approximate surface area is 173 Å². The minimum Gasteiger partial charge on any atom is -0.378 e. The second-order valence-corrected chi connectivity index (χ2v) is 7.61. The number of para-hydroxylation sites is 2. The summed E-state index contributed by atoms with van der Waals surface area (Å²) in [6.07, 6.45) is 1.12. The molecule has 4 rings (SSSR count). The lowest BCUT2D eigenvalue weighted by Gasteiger charge is -2.29. The molecule has 5 heteroatoms. The van der Waals surface area contributed by atoms with E-state index in [1.165, 1.54) is 16.8 Å². The van der Waals surface area contributed by atoms with E-state index < -0.39 is 0 Å². The smallest absolute Gasteiger partial charge is 0.141 e. The maximum absolute atomic E-state index is 5.51. The molecule has 154 valence electrons. The molecule has 5 nitrogen and oxygen atoms in total. The van der Waals surface area contributed by atoms with Gasteiger partial charge in [0.25, 0.3) is 0 Å². The molecule has 1 aliphatic heterocycles. The topological polar surface area (TPSA) is 33.5 Å². The number of fused-ring (bicyclic) bond motifs is 1. The molecular weight excluding hydrogens is 360 g/mol. The van der Waals surface area contributed by atoms with E-state index in [4.69, 9.17) is 9.72 Å². The first-order chi connectivity index (χ1) is 14.3. The van der Waals surface area contributed by atoms with Crippen LogP contribution in [-0.4, -0.2) is 60.4 Å². The third kappa shape index (κ3) is 4.46. The Morgan fingerprint density at radius 3 is 2.59 bits per heavy atom. The highest BCUT2D eigenvalue weighted by Crippen LogP contribution is 2.28. The lowest BCUT2D eigenvalue weighted by Crippen LogP contribution is -2.36. The number of imidazole rings is 1. The van der Waals surface area contributed by atoms with Crippen molar-refractivity contribution in [1.82, 2.24) is 14.5 Å². The first-order valence-corrected chi connectivity index (χ1v) is 10.9. The molecule has 29 heavy (non-hydrogen) atoms. The van der Waals surface area contributed by atoms with Gasteiger partial charge in [-0.25, -0.2) is 4.98 Å². The van der Waals surface area contributed by atoms with Crippen LogP contribution in [0.3, 0.4) is 0 Å². The summed E-state index contributed by atoms with van der Waals surface area (Å²) in [5.74, 6) is 1.07. The van der Waals surface area contributed by atoms with Crippen LogP contribution < -0.4 is 4.90 Å². The fourth-order valence-electron chi connectivity index (χ4n) is 4.18. The van der Waals surface area contributed by atoms with Crippen molar-refractivity contribution < 1.29 is 4.74 Å². The third-order valence-electron chi connectivity index (χ3n) is 5.89. The first-order valence-electron chi connectivity index (χ1n) is 10.9. The molecule has 2 aromatic carbocycles. The number of nitrogens with zero attached hydrogens (tertiary/aromatic N) is 4. The normalized spacial score (nSPS) is 14.8. The lowest BCUT2D eigenvalue weighted by atomic mass is 10.1. The summed E-state index contributed by atoms with van der Waals surface area (Å²) < 4.78 is 7.92. The fourth-order valence-corrected chi connectivity index (χ4v) is 4.18. The molecule has 1 aliphatic rings. The van der Waals surface area contributed by atoms with E-state index in [0.717, 1.165) is 70.2 Å². The molecule has 0 bridgehead atoms. The van der Waals surface area contributed by atoms with Crippen molar-refractivity contribution in [3.8, 4) is 11.4 Å². The Balaban J connectivity index is 1.64. The molecule has 0 atom stereocenters. The molecule has 2 heterocycles. The van der Waals surface area contributed by atoms with E-state index in [1.807, 2.05) is 0 Å². The van der Waals surface area contributed by atoms with E-state index in [2.05, 4.69) is 76.7 Å².